The van der Waals surface area contributed by atoms with Gasteiger partial charge in [0.05, 0.1) is 12.2 Å². The Balaban J connectivity index is 1.30. The van der Waals surface area contributed by atoms with Gasteiger partial charge in [-0.2, -0.15) is 0 Å². The van der Waals surface area contributed by atoms with Gasteiger partial charge in [0.1, 0.15) is 12.4 Å². The zero-order valence-corrected chi connectivity index (χ0v) is 19.7. The Labute approximate surface area is 205 Å². The van der Waals surface area contributed by atoms with Gasteiger partial charge in [0, 0.05) is 12.1 Å². The first kappa shape index (κ1) is 23.0. The predicted molar refractivity (Wildman–Crippen MR) is 137 cm³/mol. The summed E-state index contributed by atoms with van der Waals surface area (Å²) in [6, 6.07) is 23.9. The van der Waals surface area contributed by atoms with Crippen molar-refractivity contribution in [1.82, 2.24) is 0 Å². The van der Waals surface area contributed by atoms with Gasteiger partial charge >= 0.3 is 12.0 Å². The second-order valence-electron chi connectivity index (χ2n) is 9.42. The first-order chi connectivity index (χ1) is 17.1. The van der Waals surface area contributed by atoms with E-state index in [0.29, 0.717) is 30.7 Å². The van der Waals surface area contributed by atoms with E-state index in [4.69, 9.17) is 9.84 Å². The van der Waals surface area contributed by atoms with Crippen LogP contribution in [-0.2, 0) is 4.79 Å². The van der Waals surface area contributed by atoms with Crippen molar-refractivity contribution in [3.05, 3.63) is 78.4 Å². The lowest BCUT2D eigenvalue weighted by molar-refractivity contribution is -0.138. The van der Waals surface area contributed by atoms with Crippen molar-refractivity contribution in [2.24, 2.45) is 5.92 Å². The third-order valence-corrected chi connectivity index (χ3v) is 7.12. The van der Waals surface area contributed by atoms with Crippen LogP contribution in [0.1, 0.15) is 43.6 Å². The molecule has 1 fully saturated rings. The molecule has 0 spiro atoms. The molecular formula is C29H30N2O4. The summed E-state index contributed by atoms with van der Waals surface area (Å²) < 4.78 is 5.82. The molecule has 0 radical (unpaired) electrons. The minimum absolute atomic E-state index is 0.174. The summed E-state index contributed by atoms with van der Waals surface area (Å²) >= 11 is 0. The van der Waals surface area contributed by atoms with E-state index in [1.807, 2.05) is 48.5 Å². The molecule has 180 valence electrons. The molecule has 1 aliphatic carbocycles. The van der Waals surface area contributed by atoms with Crippen molar-refractivity contribution in [1.29, 1.82) is 0 Å². The highest BCUT2D eigenvalue weighted by Crippen LogP contribution is 2.39. The third-order valence-electron chi connectivity index (χ3n) is 7.12. The van der Waals surface area contributed by atoms with E-state index in [1.54, 1.807) is 4.90 Å². The average molecular weight is 471 g/mol. The zero-order chi connectivity index (χ0) is 24.2. The zero-order valence-electron chi connectivity index (χ0n) is 19.7. The van der Waals surface area contributed by atoms with E-state index in [0.717, 1.165) is 48.2 Å². The summed E-state index contributed by atoms with van der Waals surface area (Å²) in [5.41, 5.74) is 4.96. The van der Waals surface area contributed by atoms with E-state index in [-0.39, 0.29) is 12.5 Å². The summed E-state index contributed by atoms with van der Waals surface area (Å²) in [7, 11) is 0. The number of anilines is 2. The molecule has 2 amide bonds. The maximum atomic E-state index is 13.0. The van der Waals surface area contributed by atoms with Crippen molar-refractivity contribution in [2.45, 2.75) is 38.0 Å². The third kappa shape index (κ3) is 5.32. The van der Waals surface area contributed by atoms with Crippen LogP contribution in [-0.4, -0.2) is 30.3 Å². The van der Waals surface area contributed by atoms with Crippen molar-refractivity contribution in [3.8, 4) is 16.9 Å². The summed E-state index contributed by atoms with van der Waals surface area (Å²) in [5, 5.41) is 12.0. The Kier molecular flexibility index (Phi) is 6.70. The van der Waals surface area contributed by atoms with Crippen molar-refractivity contribution in [3.63, 3.8) is 0 Å². The number of hydrogen-bond donors (Lipinski definition) is 2. The van der Waals surface area contributed by atoms with E-state index in [9.17, 15) is 9.59 Å². The lowest BCUT2D eigenvalue weighted by Gasteiger charge is -2.30. The highest BCUT2D eigenvalue weighted by Gasteiger charge is 2.26. The van der Waals surface area contributed by atoms with Crippen LogP contribution < -0.4 is 15.0 Å². The second-order valence-corrected chi connectivity index (χ2v) is 9.42. The number of carbonyl (C=O) groups excluding carboxylic acids is 1. The average Bonchev–Trinajstić information content (AvgIpc) is 2.89. The van der Waals surface area contributed by atoms with Crippen molar-refractivity contribution < 1.29 is 19.4 Å². The molecule has 6 nitrogen and oxygen atoms in total. The summed E-state index contributed by atoms with van der Waals surface area (Å²) in [5.74, 6) is 0.813. The summed E-state index contributed by atoms with van der Waals surface area (Å²) in [4.78, 5) is 25.7. The quantitative estimate of drug-likeness (QED) is 0.444. The number of hydrogen-bond acceptors (Lipinski definition) is 3. The number of urea groups is 1. The summed E-state index contributed by atoms with van der Waals surface area (Å²) in [6.07, 6.45) is 4.32. The van der Waals surface area contributed by atoms with Crippen LogP contribution in [0.5, 0.6) is 5.75 Å². The fraction of sp³-hybridized carbons (Fsp3) is 0.310. The van der Waals surface area contributed by atoms with Gasteiger partial charge < -0.3 is 15.2 Å². The van der Waals surface area contributed by atoms with Gasteiger partial charge in [0.15, 0.2) is 0 Å². The van der Waals surface area contributed by atoms with Crippen LogP contribution in [0, 0.1) is 5.92 Å². The van der Waals surface area contributed by atoms with Crippen molar-refractivity contribution in [2.75, 3.05) is 23.4 Å². The van der Waals surface area contributed by atoms with Gasteiger partial charge in [0.25, 0.3) is 0 Å². The standard InChI is InChI=1S/C29H30N2O4/c32-28(33)18-20-6-8-21(9-7-20)22-10-12-23(13-11-22)24-14-15-27-26(19-24)31(16-17-35-27)29(34)30-25-4-2-1-3-5-25/h1-5,10-15,19-21H,6-9,16-18H2,(H,30,34)(H,32,33). The SMILES string of the molecule is O=C(O)CC1CCC(c2ccc(-c3ccc4c(c3)N(C(=O)Nc3ccccc3)CCO4)cc2)CC1. The molecule has 6 heteroatoms. The molecule has 0 unspecified atom stereocenters. The molecule has 3 aromatic rings. The van der Waals surface area contributed by atoms with Gasteiger partial charge in [-0.15, -0.1) is 0 Å². The van der Waals surface area contributed by atoms with Gasteiger partial charge in [0.2, 0.25) is 0 Å². The molecule has 3 aromatic carbocycles. The van der Waals surface area contributed by atoms with Crippen molar-refractivity contribution >= 4 is 23.4 Å². The largest absolute Gasteiger partial charge is 0.490 e. The second kappa shape index (κ2) is 10.2. The number of nitrogens with one attached hydrogen (secondary N) is 1. The van der Waals surface area contributed by atoms with Crippen LogP contribution in [0.25, 0.3) is 11.1 Å². The molecule has 0 atom stereocenters. The van der Waals surface area contributed by atoms with Crippen LogP contribution in [0.15, 0.2) is 72.8 Å². The monoisotopic (exact) mass is 470 g/mol. The molecular weight excluding hydrogens is 440 g/mol. The predicted octanol–water partition coefficient (Wildman–Crippen LogP) is 6.53. The van der Waals surface area contributed by atoms with Gasteiger partial charge in [-0.05, 0) is 78.5 Å². The number of carbonyl (C=O) groups is 2. The molecule has 1 heterocycles. The lowest BCUT2D eigenvalue weighted by atomic mass is 9.77. The normalized spacial score (nSPS) is 19.4. The van der Waals surface area contributed by atoms with Crippen LogP contribution in [0.3, 0.4) is 0 Å². The minimum Gasteiger partial charge on any atom is -0.490 e. The Morgan fingerprint density at radius 2 is 1.63 bits per heavy atom. The van der Waals surface area contributed by atoms with Crippen LogP contribution >= 0.6 is 0 Å². The van der Waals surface area contributed by atoms with Crippen LogP contribution in [0.2, 0.25) is 0 Å². The maximum Gasteiger partial charge on any atom is 0.326 e. The highest BCUT2D eigenvalue weighted by atomic mass is 16.5. The Bertz CT molecular complexity index is 1190. The van der Waals surface area contributed by atoms with Crippen LogP contribution in [0.4, 0.5) is 16.2 Å². The number of benzene rings is 3. The molecule has 2 aliphatic rings. The molecule has 1 saturated carbocycles. The first-order valence-corrected chi connectivity index (χ1v) is 12.3. The van der Waals surface area contributed by atoms with E-state index < -0.39 is 5.97 Å². The van der Waals surface area contributed by atoms with Gasteiger partial charge in [-0.3, -0.25) is 9.69 Å². The van der Waals surface area contributed by atoms with E-state index in [1.165, 1.54) is 5.56 Å². The minimum atomic E-state index is -0.690. The molecule has 2 N–H and O–H groups in total. The molecule has 0 bridgehead atoms. The number of carboxylic acid groups (broad SMARTS) is 1. The smallest absolute Gasteiger partial charge is 0.326 e. The molecule has 0 saturated heterocycles. The van der Waals surface area contributed by atoms with Gasteiger partial charge in [-0.25, -0.2) is 4.79 Å². The Morgan fingerprint density at radius 1 is 0.914 bits per heavy atom. The number of amides is 2. The summed E-state index contributed by atoms with van der Waals surface area (Å²) in [6.45, 7) is 0.941. The number of fused-ring (bicyclic) bond motifs is 1. The topological polar surface area (TPSA) is 78.9 Å². The highest BCUT2D eigenvalue weighted by molar-refractivity contribution is 6.03. The molecule has 1 aliphatic heterocycles. The molecule has 0 aromatic heterocycles. The Morgan fingerprint density at radius 3 is 2.34 bits per heavy atom. The molecule has 5 rings (SSSR count). The number of rotatable bonds is 5. The van der Waals surface area contributed by atoms with E-state index in [2.05, 4.69) is 29.6 Å². The number of aliphatic carboxylic acids is 1. The lowest BCUT2D eigenvalue weighted by Crippen LogP contribution is -2.40. The number of para-hydroxylation sites is 1. The number of ether oxygens (including phenoxy) is 1. The van der Waals surface area contributed by atoms with Gasteiger partial charge in [-0.1, -0.05) is 48.5 Å². The first-order valence-electron chi connectivity index (χ1n) is 12.3. The maximum absolute atomic E-state index is 13.0. The fourth-order valence-corrected chi connectivity index (χ4v) is 5.22. The molecule has 35 heavy (non-hydrogen) atoms. The Hall–Kier alpha value is -3.80. The number of carboxylic acids is 1. The number of nitrogens with zero attached hydrogens (tertiary/aromatic N) is 1. The van der Waals surface area contributed by atoms with E-state index >= 15 is 0 Å². The fourth-order valence-electron chi connectivity index (χ4n) is 5.22.